The van der Waals surface area contributed by atoms with Crippen LogP contribution in [0.25, 0.3) is 22.4 Å². The Balaban J connectivity index is 1.23. The van der Waals surface area contributed by atoms with Crippen molar-refractivity contribution in [1.29, 1.82) is 0 Å². The van der Waals surface area contributed by atoms with Crippen LogP contribution in [-0.4, -0.2) is 44.8 Å². The molecule has 1 saturated heterocycles. The van der Waals surface area contributed by atoms with Crippen LogP contribution in [0.2, 0.25) is 0 Å². The van der Waals surface area contributed by atoms with E-state index >= 15 is 0 Å². The number of aromatic nitrogens is 2. The number of hydrogen-bond donors (Lipinski definition) is 3. The highest BCUT2D eigenvalue weighted by molar-refractivity contribution is 6.07. The first-order valence-corrected chi connectivity index (χ1v) is 11.1. The van der Waals surface area contributed by atoms with Crippen LogP contribution < -0.4 is 10.6 Å². The number of amides is 4. The molecule has 9 heteroatoms. The Hall–Kier alpha value is -3.75. The number of imide groups is 1. The fourth-order valence-corrected chi connectivity index (χ4v) is 4.67. The molecule has 3 N–H and O–H groups in total. The molecule has 5 rings (SSSR count). The summed E-state index contributed by atoms with van der Waals surface area (Å²) in [5.74, 6) is -0.336. The van der Waals surface area contributed by atoms with Gasteiger partial charge >= 0.3 is 6.03 Å². The van der Waals surface area contributed by atoms with E-state index in [0.717, 1.165) is 24.2 Å². The van der Waals surface area contributed by atoms with Gasteiger partial charge in [0.25, 0.3) is 5.91 Å². The molecule has 3 aromatic rings. The van der Waals surface area contributed by atoms with Gasteiger partial charge in [0.15, 0.2) is 0 Å². The number of nitrogens with one attached hydrogen (secondary N) is 3. The molecular weight excluding hydrogens is 425 g/mol. The fourth-order valence-electron chi connectivity index (χ4n) is 4.67. The predicted molar refractivity (Wildman–Crippen MR) is 121 cm³/mol. The number of rotatable bonds is 5. The van der Waals surface area contributed by atoms with Gasteiger partial charge in [-0.25, -0.2) is 14.2 Å². The van der Waals surface area contributed by atoms with Gasteiger partial charge in [0.05, 0.1) is 11.0 Å². The summed E-state index contributed by atoms with van der Waals surface area (Å²) in [6.07, 6.45) is 4.21. The SMILES string of the molecule is O=C(CCN1C(=O)NC2(CCCCC2)C1=O)Nc1ccc2nc(-c3cccc(F)c3)[nH]c2c1. The summed E-state index contributed by atoms with van der Waals surface area (Å²) in [4.78, 5) is 46.4. The van der Waals surface area contributed by atoms with E-state index in [1.807, 2.05) is 0 Å². The van der Waals surface area contributed by atoms with Gasteiger partial charge in [-0.3, -0.25) is 14.5 Å². The van der Waals surface area contributed by atoms with Crippen molar-refractivity contribution in [3.8, 4) is 11.4 Å². The second kappa shape index (κ2) is 8.31. The van der Waals surface area contributed by atoms with Crippen LogP contribution in [0.3, 0.4) is 0 Å². The highest BCUT2D eigenvalue weighted by atomic mass is 19.1. The van der Waals surface area contributed by atoms with E-state index in [1.165, 1.54) is 12.1 Å². The molecule has 1 saturated carbocycles. The zero-order chi connectivity index (χ0) is 23.0. The quantitative estimate of drug-likeness (QED) is 0.513. The van der Waals surface area contributed by atoms with Crippen LogP contribution in [0.1, 0.15) is 38.5 Å². The van der Waals surface area contributed by atoms with Crippen molar-refractivity contribution in [2.75, 3.05) is 11.9 Å². The Morgan fingerprint density at radius 2 is 1.94 bits per heavy atom. The van der Waals surface area contributed by atoms with E-state index in [0.29, 0.717) is 41.0 Å². The summed E-state index contributed by atoms with van der Waals surface area (Å²) in [6.45, 7) is 0.0360. The molecular formula is C24H24FN5O3. The highest BCUT2D eigenvalue weighted by Gasteiger charge is 2.51. The Labute approximate surface area is 189 Å². The van der Waals surface area contributed by atoms with Crippen molar-refractivity contribution in [2.24, 2.45) is 0 Å². The number of H-pyrrole nitrogens is 1. The number of anilines is 1. The number of carbonyl (C=O) groups excluding carboxylic acids is 3. The average Bonchev–Trinajstić information content (AvgIpc) is 3.32. The molecule has 1 aliphatic carbocycles. The third kappa shape index (κ3) is 4.06. The van der Waals surface area contributed by atoms with Crippen LogP contribution >= 0.6 is 0 Å². The fraction of sp³-hybridized carbons (Fsp3) is 0.333. The van der Waals surface area contributed by atoms with E-state index in [-0.39, 0.29) is 30.6 Å². The molecule has 2 aliphatic rings. The highest BCUT2D eigenvalue weighted by Crippen LogP contribution is 2.33. The molecule has 0 unspecified atom stereocenters. The first-order chi connectivity index (χ1) is 15.9. The third-order valence-electron chi connectivity index (χ3n) is 6.38. The van der Waals surface area contributed by atoms with Gasteiger partial charge < -0.3 is 15.6 Å². The molecule has 33 heavy (non-hydrogen) atoms. The minimum atomic E-state index is -0.781. The van der Waals surface area contributed by atoms with E-state index in [2.05, 4.69) is 20.6 Å². The maximum Gasteiger partial charge on any atom is 0.325 e. The van der Waals surface area contributed by atoms with Crippen LogP contribution in [-0.2, 0) is 9.59 Å². The molecule has 1 aromatic heterocycles. The maximum atomic E-state index is 13.5. The molecule has 0 bridgehead atoms. The molecule has 2 fully saturated rings. The zero-order valence-electron chi connectivity index (χ0n) is 18.0. The lowest BCUT2D eigenvalue weighted by Crippen LogP contribution is -2.48. The maximum absolute atomic E-state index is 13.5. The van der Waals surface area contributed by atoms with Gasteiger partial charge in [-0.2, -0.15) is 0 Å². The van der Waals surface area contributed by atoms with Crippen LogP contribution in [0, 0.1) is 5.82 Å². The topological polar surface area (TPSA) is 107 Å². The standard InChI is InChI=1S/C24H24FN5O3/c25-16-6-4-5-15(13-16)21-27-18-8-7-17(14-19(18)28-21)26-20(31)9-12-30-22(32)24(29-23(30)33)10-2-1-3-11-24/h4-8,13-14H,1-3,9-12H2,(H,26,31)(H,27,28)(H,29,33). The molecule has 1 spiro atoms. The second-order valence-corrected chi connectivity index (χ2v) is 8.66. The van der Waals surface area contributed by atoms with Gasteiger partial charge in [-0.15, -0.1) is 0 Å². The van der Waals surface area contributed by atoms with Gasteiger partial charge in [-0.1, -0.05) is 31.4 Å². The summed E-state index contributed by atoms with van der Waals surface area (Å²) in [6, 6.07) is 10.9. The largest absolute Gasteiger partial charge is 0.338 e. The Morgan fingerprint density at radius 1 is 1.12 bits per heavy atom. The summed E-state index contributed by atoms with van der Waals surface area (Å²) < 4.78 is 13.5. The number of benzene rings is 2. The average molecular weight is 449 g/mol. The second-order valence-electron chi connectivity index (χ2n) is 8.66. The van der Waals surface area contributed by atoms with E-state index in [4.69, 9.17) is 0 Å². The van der Waals surface area contributed by atoms with Crippen molar-refractivity contribution in [1.82, 2.24) is 20.2 Å². The number of nitrogens with zero attached hydrogens (tertiary/aromatic N) is 2. The number of aromatic amines is 1. The Kier molecular flexibility index (Phi) is 5.32. The van der Waals surface area contributed by atoms with Crippen LogP contribution in [0.4, 0.5) is 14.9 Å². The number of carbonyl (C=O) groups is 3. The van der Waals surface area contributed by atoms with Gasteiger partial charge in [-0.05, 0) is 43.2 Å². The molecule has 170 valence electrons. The summed E-state index contributed by atoms with van der Waals surface area (Å²) in [7, 11) is 0. The first kappa shape index (κ1) is 21.1. The molecule has 8 nitrogen and oxygen atoms in total. The number of urea groups is 1. The monoisotopic (exact) mass is 449 g/mol. The molecule has 2 heterocycles. The summed E-state index contributed by atoms with van der Waals surface area (Å²) >= 11 is 0. The van der Waals surface area contributed by atoms with Crippen molar-refractivity contribution < 1.29 is 18.8 Å². The molecule has 4 amide bonds. The smallest absolute Gasteiger partial charge is 0.325 e. The third-order valence-corrected chi connectivity index (χ3v) is 6.38. The lowest BCUT2D eigenvalue weighted by molar-refractivity contribution is -0.132. The number of halogens is 1. The Morgan fingerprint density at radius 3 is 2.73 bits per heavy atom. The number of fused-ring (bicyclic) bond motifs is 1. The molecule has 0 atom stereocenters. The van der Waals surface area contributed by atoms with Crippen molar-refractivity contribution in [3.05, 3.63) is 48.3 Å². The van der Waals surface area contributed by atoms with Crippen molar-refractivity contribution in [2.45, 2.75) is 44.1 Å². The van der Waals surface area contributed by atoms with Gasteiger partial charge in [0.2, 0.25) is 5.91 Å². The van der Waals surface area contributed by atoms with E-state index in [9.17, 15) is 18.8 Å². The lowest BCUT2D eigenvalue weighted by atomic mass is 9.82. The number of imidazole rings is 1. The van der Waals surface area contributed by atoms with Crippen LogP contribution in [0.5, 0.6) is 0 Å². The van der Waals surface area contributed by atoms with Crippen LogP contribution in [0.15, 0.2) is 42.5 Å². The summed E-state index contributed by atoms with van der Waals surface area (Å²) in [5.41, 5.74) is 1.78. The minimum absolute atomic E-state index is 0.00476. The molecule has 2 aromatic carbocycles. The van der Waals surface area contributed by atoms with E-state index < -0.39 is 11.6 Å². The minimum Gasteiger partial charge on any atom is -0.338 e. The lowest BCUT2D eigenvalue weighted by Gasteiger charge is -2.30. The van der Waals surface area contributed by atoms with E-state index in [1.54, 1.807) is 30.3 Å². The first-order valence-electron chi connectivity index (χ1n) is 11.1. The molecule has 1 aliphatic heterocycles. The van der Waals surface area contributed by atoms with Crippen molar-refractivity contribution in [3.63, 3.8) is 0 Å². The summed E-state index contributed by atoms with van der Waals surface area (Å²) in [5, 5.41) is 5.65. The zero-order valence-corrected chi connectivity index (χ0v) is 18.0. The van der Waals surface area contributed by atoms with Crippen molar-refractivity contribution >= 4 is 34.6 Å². The van der Waals surface area contributed by atoms with Gasteiger partial charge in [0, 0.05) is 24.2 Å². The predicted octanol–water partition coefficient (Wildman–Crippen LogP) is 3.95. The number of hydrogen-bond acceptors (Lipinski definition) is 4. The Bertz CT molecular complexity index is 1250. The normalized spacial score (nSPS) is 17.5. The molecule has 0 radical (unpaired) electrons. The van der Waals surface area contributed by atoms with Gasteiger partial charge in [0.1, 0.15) is 17.2 Å².